The number of aryl methyl sites for hydroxylation is 1. The monoisotopic (exact) mass is 370 g/mol. The Labute approximate surface area is 163 Å². The summed E-state index contributed by atoms with van der Waals surface area (Å²) in [6.07, 6.45) is 1.73. The van der Waals surface area contributed by atoms with Crippen LogP contribution in [0.25, 0.3) is 11.6 Å². The van der Waals surface area contributed by atoms with Gasteiger partial charge in [0, 0.05) is 17.7 Å². The lowest BCUT2D eigenvalue weighted by molar-refractivity contribution is -0.384. The highest BCUT2D eigenvalue weighted by atomic mass is 16.6. The number of hydrogen-bond acceptors (Lipinski definition) is 4. The Morgan fingerprint density at radius 1 is 1.11 bits per heavy atom. The fourth-order valence-electron chi connectivity index (χ4n) is 2.79. The molecule has 3 rings (SSSR count). The summed E-state index contributed by atoms with van der Waals surface area (Å²) < 4.78 is 5.97. The SMILES string of the molecule is Cc1cccc(COc2ccccc2C=C(C#N)c2ccc([N+](=O)[O-])cc2)c1. The quantitative estimate of drug-likeness (QED) is 0.247. The Kier molecular flexibility index (Phi) is 5.83. The molecule has 3 aromatic rings. The molecule has 0 bridgehead atoms. The minimum absolute atomic E-state index is 0.0112. The normalized spacial score (nSPS) is 10.9. The van der Waals surface area contributed by atoms with Crippen LogP contribution in [0.2, 0.25) is 0 Å². The summed E-state index contributed by atoms with van der Waals surface area (Å²) in [5.74, 6) is 0.665. The van der Waals surface area contributed by atoms with Crippen LogP contribution in [-0.2, 0) is 6.61 Å². The molecule has 0 aliphatic heterocycles. The number of nitro groups is 1. The van der Waals surface area contributed by atoms with Gasteiger partial charge in [-0.05, 0) is 42.3 Å². The first-order valence-corrected chi connectivity index (χ1v) is 8.71. The summed E-state index contributed by atoms with van der Waals surface area (Å²) in [4.78, 5) is 10.3. The number of ether oxygens (including phenoxy) is 1. The number of nitriles is 1. The van der Waals surface area contributed by atoms with Gasteiger partial charge in [0.05, 0.1) is 16.6 Å². The van der Waals surface area contributed by atoms with Gasteiger partial charge in [-0.3, -0.25) is 10.1 Å². The van der Waals surface area contributed by atoms with Crippen molar-refractivity contribution in [1.29, 1.82) is 5.26 Å². The van der Waals surface area contributed by atoms with Crippen LogP contribution in [-0.4, -0.2) is 4.92 Å². The lowest BCUT2D eigenvalue weighted by atomic mass is 10.0. The minimum Gasteiger partial charge on any atom is -0.488 e. The molecule has 0 radical (unpaired) electrons. The first kappa shape index (κ1) is 18.9. The van der Waals surface area contributed by atoms with Gasteiger partial charge in [0.1, 0.15) is 12.4 Å². The molecular weight excluding hydrogens is 352 g/mol. The Morgan fingerprint density at radius 2 is 1.86 bits per heavy atom. The van der Waals surface area contributed by atoms with E-state index < -0.39 is 4.92 Å². The highest BCUT2D eigenvalue weighted by Crippen LogP contribution is 2.26. The molecular formula is C23H18N2O3. The van der Waals surface area contributed by atoms with Crippen LogP contribution >= 0.6 is 0 Å². The van der Waals surface area contributed by atoms with E-state index in [1.54, 1.807) is 18.2 Å². The third-order valence-corrected chi connectivity index (χ3v) is 4.21. The van der Waals surface area contributed by atoms with Crippen molar-refractivity contribution in [2.24, 2.45) is 0 Å². The Bertz CT molecular complexity index is 1060. The maximum absolute atomic E-state index is 10.8. The van der Waals surface area contributed by atoms with Crippen LogP contribution in [0, 0.1) is 28.4 Å². The largest absolute Gasteiger partial charge is 0.488 e. The van der Waals surface area contributed by atoms with Crippen molar-refractivity contribution in [1.82, 2.24) is 0 Å². The summed E-state index contributed by atoms with van der Waals surface area (Å²) in [6, 6.07) is 23.6. The third kappa shape index (κ3) is 4.63. The maximum atomic E-state index is 10.8. The molecule has 0 aliphatic rings. The highest BCUT2D eigenvalue weighted by molar-refractivity contribution is 5.90. The van der Waals surface area contributed by atoms with Crippen LogP contribution in [0.4, 0.5) is 5.69 Å². The molecule has 0 unspecified atom stereocenters. The number of allylic oxidation sites excluding steroid dienone is 1. The lowest BCUT2D eigenvalue weighted by Gasteiger charge is -2.10. The third-order valence-electron chi connectivity index (χ3n) is 4.21. The smallest absolute Gasteiger partial charge is 0.269 e. The Hall–Kier alpha value is -3.91. The first-order valence-electron chi connectivity index (χ1n) is 8.71. The molecule has 0 amide bonds. The van der Waals surface area contributed by atoms with Crippen molar-refractivity contribution in [2.75, 3.05) is 0 Å². The molecule has 0 saturated heterocycles. The van der Waals surface area contributed by atoms with Crippen molar-refractivity contribution in [3.05, 3.63) is 105 Å². The van der Waals surface area contributed by atoms with E-state index in [1.807, 2.05) is 49.4 Å². The molecule has 5 nitrogen and oxygen atoms in total. The lowest BCUT2D eigenvalue weighted by Crippen LogP contribution is -1.97. The van der Waals surface area contributed by atoms with Crippen LogP contribution in [0.1, 0.15) is 22.3 Å². The molecule has 0 aliphatic carbocycles. The van der Waals surface area contributed by atoms with Crippen molar-refractivity contribution in [2.45, 2.75) is 13.5 Å². The van der Waals surface area contributed by atoms with Crippen molar-refractivity contribution >= 4 is 17.3 Å². The van der Waals surface area contributed by atoms with E-state index in [9.17, 15) is 15.4 Å². The number of non-ortho nitro benzene ring substituents is 1. The Balaban J connectivity index is 1.86. The maximum Gasteiger partial charge on any atom is 0.269 e. The van der Waals surface area contributed by atoms with Crippen molar-refractivity contribution in [3.63, 3.8) is 0 Å². The summed E-state index contributed by atoms with van der Waals surface area (Å²) in [6.45, 7) is 2.45. The fourth-order valence-corrected chi connectivity index (χ4v) is 2.79. The number of nitrogens with zero attached hydrogens (tertiary/aromatic N) is 2. The van der Waals surface area contributed by atoms with E-state index in [4.69, 9.17) is 4.74 Å². The molecule has 28 heavy (non-hydrogen) atoms. The van der Waals surface area contributed by atoms with Gasteiger partial charge in [0.2, 0.25) is 0 Å². The molecule has 138 valence electrons. The standard InChI is InChI=1S/C23H18N2O3/c1-17-5-4-6-18(13-17)16-28-23-8-3-2-7-20(23)14-21(15-24)19-9-11-22(12-10-19)25(26)27/h2-14H,16H2,1H3. The minimum atomic E-state index is -0.464. The highest BCUT2D eigenvalue weighted by Gasteiger charge is 2.09. The van der Waals surface area contributed by atoms with Crippen molar-refractivity contribution in [3.8, 4) is 11.8 Å². The van der Waals surface area contributed by atoms with Crippen LogP contribution < -0.4 is 4.74 Å². The van der Waals surface area contributed by atoms with Gasteiger partial charge in [0.15, 0.2) is 0 Å². The van der Waals surface area contributed by atoms with E-state index in [0.29, 0.717) is 23.5 Å². The summed E-state index contributed by atoms with van der Waals surface area (Å²) in [7, 11) is 0. The van der Waals surface area contributed by atoms with Gasteiger partial charge in [-0.15, -0.1) is 0 Å². The summed E-state index contributed by atoms with van der Waals surface area (Å²) in [5.41, 5.74) is 4.00. The van der Waals surface area contributed by atoms with Gasteiger partial charge in [-0.25, -0.2) is 0 Å². The average Bonchev–Trinajstić information content (AvgIpc) is 2.71. The van der Waals surface area contributed by atoms with Gasteiger partial charge < -0.3 is 4.74 Å². The van der Waals surface area contributed by atoms with Gasteiger partial charge in [-0.1, -0.05) is 48.0 Å². The molecule has 0 N–H and O–H groups in total. The summed E-state index contributed by atoms with van der Waals surface area (Å²) in [5, 5.41) is 20.4. The Morgan fingerprint density at radius 3 is 2.54 bits per heavy atom. The second kappa shape index (κ2) is 8.65. The number of benzene rings is 3. The van der Waals surface area contributed by atoms with Crippen molar-refractivity contribution < 1.29 is 9.66 Å². The molecule has 0 saturated carbocycles. The second-order valence-corrected chi connectivity index (χ2v) is 6.29. The number of nitro benzene ring substituents is 1. The van der Waals surface area contributed by atoms with Crippen LogP contribution in [0.3, 0.4) is 0 Å². The molecule has 5 heteroatoms. The fraction of sp³-hybridized carbons (Fsp3) is 0.0870. The predicted molar refractivity (Wildman–Crippen MR) is 109 cm³/mol. The number of hydrogen-bond donors (Lipinski definition) is 0. The molecule has 0 heterocycles. The van der Waals surface area contributed by atoms with Crippen LogP contribution in [0.15, 0.2) is 72.8 Å². The van der Waals surface area contributed by atoms with Gasteiger partial charge in [0.25, 0.3) is 5.69 Å². The molecule has 0 spiro atoms. The number of para-hydroxylation sites is 1. The van der Waals surface area contributed by atoms with E-state index in [-0.39, 0.29) is 5.69 Å². The summed E-state index contributed by atoms with van der Waals surface area (Å²) >= 11 is 0. The topological polar surface area (TPSA) is 76.2 Å². The zero-order valence-corrected chi connectivity index (χ0v) is 15.3. The van der Waals surface area contributed by atoms with E-state index in [0.717, 1.165) is 11.1 Å². The zero-order valence-electron chi connectivity index (χ0n) is 15.3. The molecule has 0 aromatic heterocycles. The number of rotatable bonds is 6. The molecule has 0 fully saturated rings. The molecule has 3 aromatic carbocycles. The van der Waals surface area contributed by atoms with E-state index in [1.165, 1.54) is 17.7 Å². The van der Waals surface area contributed by atoms with E-state index in [2.05, 4.69) is 12.1 Å². The second-order valence-electron chi connectivity index (χ2n) is 6.29. The molecule has 0 atom stereocenters. The average molecular weight is 370 g/mol. The van der Waals surface area contributed by atoms with E-state index >= 15 is 0 Å². The predicted octanol–water partition coefficient (Wildman–Crippen LogP) is 5.55. The van der Waals surface area contributed by atoms with Crippen LogP contribution in [0.5, 0.6) is 5.75 Å². The first-order chi connectivity index (χ1) is 13.6. The van der Waals surface area contributed by atoms with Gasteiger partial charge in [-0.2, -0.15) is 5.26 Å². The van der Waals surface area contributed by atoms with Gasteiger partial charge >= 0.3 is 0 Å². The zero-order chi connectivity index (χ0) is 19.9.